The molecule has 0 bridgehead atoms. The highest BCUT2D eigenvalue weighted by Gasteiger charge is 2.35. The van der Waals surface area contributed by atoms with Crippen LogP contribution in [-0.2, 0) is 14.8 Å². The van der Waals surface area contributed by atoms with Crippen LogP contribution in [0.25, 0.3) is 0 Å². The molecule has 8 heteroatoms. The minimum absolute atomic E-state index is 0.169. The van der Waals surface area contributed by atoms with Gasteiger partial charge in [0.25, 0.3) is 0 Å². The van der Waals surface area contributed by atoms with E-state index in [0.29, 0.717) is 13.2 Å². The zero-order valence-electron chi connectivity index (χ0n) is 9.54. The molecular weight excluding hydrogens is 244 g/mol. The monoisotopic (exact) mass is 260 g/mol. The number of ether oxygens (including phenoxy) is 1. The van der Waals surface area contributed by atoms with E-state index < -0.39 is 10.0 Å². The zero-order valence-corrected chi connectivity index (χ0v) is 10.4. The second-order valence-corrected chi connectivity index (χ2v) is 5.94. The summed E-state index contributed by atoms with van der Waals surface area (Å²) in [6.45, 7) is 2.76. The third-order valence-electron chi connectivity index (χ3n) is 2.79. The Bertz CT molecular complexity index is 459. The predicted molar refractivity (Wildman–Crippen MR) is 60.7 cm³/mol. The van der Waals surface area contributed by atoms with Crippen LogP contribution in [0.3, 0.4) is 0 Å². The molecule has 1 fully saturated rings. The number of rotatable bonds is 3. The van der Waals surface area contributed by atoms with Gasteiger partial charge >= 0.3 is 0 Å². The number of nitrogens with one attached hydrogen (secondary N) is 1. The van der Waals surface area contributed by atoms with Crippen LogP contribution in [0.4, 0.5) is 0 Å². The van der Waals surface area contributed by atoms with Crippen molar-refractivity contribution in [3.8, 4) is 0 Å². The molecule has 2 unspecified atom stereocenters. The largest absolute Gasteiger partial charge is 0.374 e. The van der Waals surface area contributed by atoms with Crippen LogP contribution in [0.2, 0.25) is 0 Å². The Labute approximate surface area is 100.0 Å². The number of aromatic nitrogens is 2. The van der Waals surface area contributed by atoms with E-state index in [0.717, 1.165) is 0 Å². The smallest absolute Gasteiger partial charge is 0.246 e. The molecule has 0 aliphatic carbocycles. The first-order valence-corrected chi connectivity index (χ1v) is 6.82. The Morgan fingerprint density at radius 2 is 2.47 bits per heavy atom. The van der Waals surface area contributed by atoms with Crippen molar-refractivity contribution in [2.75, 3.05) is 19.7 Å². The molecule has 1 aromatic heterocycles. The van der Waals surface area contributed by atoms with Crippen molar-refractivity contribution in [2.24, 2.45) is 5.73 Å². The first-order chi connectivity index (χ1) is 8.05. The summed E-state index contributed by atoms with van der Waals surface area (Å²) in [4.78, 5) is 0.169. The minimum atomic E-state index is -3.51. The lowest BCUT2D eigenvalue weighted by Crippen LogP contribution is -2.52. The number of H-pyrrole nitrogens is 1. The van der Waals surface area contributed by atoms with E-state index in [-0.39, 0.29) is 23.6 Å². The zero-order chi connectivity index (χ0) is 12.5. The number of nitrogens with two attached hydrogens (primary N) is 1. The highest BCUT2D eigenvalue weighted by Crippen LogP contribution is 2.21. The van der Waals surface area contributed by atoms with E-state index in [1.807, 2.05) is 6.92 Å². The SMILES string of the molecule is CC1COC(CN)CN1S(=O)(=O)c1cn[nH]c1. The maximum Gasteiger partial charge on any atom is 0.246 e. The first kappa shape index (κ1) is 12.5. The molecule has 0 amide bonds. The van der Waals surface area contributed by atoms with Crippen molar-refractivity contribution in [3.63, 3.8) is 0 Å². The second-order valence-electron chi connectivity index (χ2n) is 4.05. The highest BCUT2D eigenvalue weighted by atomic mass is 32.2. The summed E-state index contributed by atoms with van der Waals surface area (Å²) in [7, 11) is -3.51. The van der Waals surface area contributed by atoms with Gasteiger partial charge in [0, 0.05) is 25.3 Å². The highest BCUT2D eigenvalue weighted by molar-refractivity contribution is 7.89. The summed E-state index contributed by atoms with van der Waals surface area (Å²) in [5.74, 6) is 0. The molecule has 7 nitrogen and oxygen atoms in total. The third kappa shape index (κ3) is 2.34. The molecule has 1 aliphatic heterocycles. The van der Waals surface area contributed by atoms with Gasteiger partial charge in [0.2, 0.25) is 10.0 Å². The van der Waals surface area contributed by atoms with Crippen LogP contribution in [0.15, 0.2) is 17.3 Å². The number of hydrogen-bond acceptors (Lipinski definition) is 5. The van der Waals surface area contributed by atoms with Crippen molar-refractivity contribution < 1.29 is 13.2 Å². The standard InChI is InChI=1S/C9H16N4O3S/c1-7-6-16-8(2-10)5-13(7)17(14,15)9-3-11-12-4-9/h3-4,7-8H,2,5-6,10H2,1H3,(H,11,12). The molecule has 0 saturated carbocycles. The molecule has 2 rings (SSSR count). The van der Waals surface area contributed by atoms with Crippen molar-refractivity contribution >= 4 is 10.0 Å². The van der Waals surface area contributed by atoms with Crippen LogP contribution in [-0.4, -0.2) is 54.8 Å². The van der Waals surface area contributed by atoms with Gasteiger partial charge in [-0.25, -0.2) is 8.42 Å². The fourth-order valence-electron chi connectivity index (χ4n) is 1.78. The molecule has 2 atom stereocenters. The number of sulfonamides is 1. The van der Waals surface area contributed by atoms with Gasteiger partial charge in [-0.1, -0.05) is 0 Å². The van der Waals surface area contributed by atoms with Crippen LogP contribution >= 0.6 is 0 Å². The third-order valence-corrected chi connectivity index (χ3v) is 4.74. The molecule has 1 aliphatic rings. The molecule has 1 saturated heterocycles. The summed E-state index contributed by atoms with van der Waals surface area (Å²) in [6.07, 6.45) is 2.43. The minimum Gasteiger partial charge on any atom is -0.374 e. The number of nitrogens with zero attached hydrogens (tertiary/aromatic N) is 2. The Morgan fingerprint density at radius 3 is 3.06 bits per heavy atom. The van der Waals surface area contributed by atoms with E-state index in [9.17, 15) is 8.42 Å². The lowest BCUT2D eigenvalue weighted by Gasteiger charge is -2.36. The quantitative estimate of drug-likeness (QED) is 0.737. The molecule has 2 heterocycles. The maximum atomic E-state index is 12.3. The fraction of sp³-hybridized carbons (Fsp3) is 0.667. The topological polar surface area (TPSA) is 101 Å². The van der Waals surface area contributed by atoms with Crippen molar-refractivity contribution in [1.82, 2.24) is 14.5 Å². The van der Waals surface area contributed by atoms with Crippen LogP contribution in [0, 0.1) is 0 Å². The molecular formula is C9H16N4O3S. The Morgan fingerprint density at radius 1 is 1.71 bits per heavy atom. The van der Waals surface area contributed by atoms with Gasteiger partial charge in [0.1, 0.15) is 4.90 Å². The van der Waals surface area contributed by atoms with E-state index in [1.54, 1.807) is 0 Å². The fourth-order valence-corrected chi connectivity index (χ4v) is 3.34. The summed E-state index contributed by atoms with van der Waals surface area (Å²) in [6, 6.07) is -0.197. The van der Waals surface area contributed by atoms with E-state index in [4.69, 9.17) is 10.5 Å². The Balaban J connectivity index is 2.26. The summed E-state index contributed by atoms with van der Waals surface area (Å²) >= 11 is 0. The van der Waals surface area contributed by atoms with Gasteiger partial charge in [-0.05, 0) is 6.92 Å². The summed E-state index contributed by atoms with van der Waals surface area (Å²) in [5.41, 5.74) is 5.51. The molecule has 0 aromatic carbocycles. The Hall–Kier alpha value is -0.960. The Kier molecular flexibility index (Phi) is 3.48. The van der Waals surface area contributed by atoms with E-state index in [1.165, 1.54) is 16.7 Å². The lowest BCUT2D eigenvalue weighted by molar-refractivity contribution is -0.0219. The average Bonchev–Trinajstić information content (AvgIpc) is 2.83. The first-order valence-electron chi connectivity index (χ1n) is 5.38. The second kappa shape index (κ2) is 4.73. The summed E-state index contributed by atoms with van der Waals surface area (Å²) < 4.78 is 31.4. The van der Waals surface area contributed by atoms with Gasteiger partial charge in [-0.15, -0.1) is 0 Å². The number of aromatic amines is 1. The summed E-state index contributed by atoms with van der Waals surface area (Å²) in [5, 5.41) is 6.16. The van der Waals surface area contributed by atoms with Gasteiger partial charge in [0.15, 0.2) is 0 Å². The molecule has 0 radical (unpaired) electrons. The lowest BCUT2D eigenvalue weighted by atomic mass is 10.2. The molecule has 0 spiro atoms. The molecule has 1 aromatic rings. The van der Waals surface area contributed by atoms with Crippen LogP contribution < -0.4 is 5.73 Å². The normalized spacial score (nSPS) is 27.2. The number of morpholine rings is 1. The van der Waals surface area contributed by atoms with E-state index in [2.05, 4.69) is 10.2 Å². The predicted octanol–water partition coefficient (Wildman–Crippen LogP) is -0.854. The average molecular weight is 260 g/mol. The molecule has 3 N–H and O–H groups in total. The van der Waals surface area contributed by atoms with E-state index >= 15 is 0 Å². The van der Waals surface area contributed by atoms with Gasteiger partial charge in [-0.3, -0.25) is 5.10 Å². The van der Waals surface area contributed by atoms with Gasteiger partial charge in [0.05, 0.1) is 18.9 Å². The van der Waals surface area contributed by atoms with Gasteiger partial charge in [-0.2, -0.15) is 9.40 Å². The van der Waals surface area contributed by atoms with Crippen molar-refractivity contribution in [3.05, 3.63) is 12.4 Å². The molecule has 96 valence electrons. The van der Waals surface area contributed by atoms with Gasteiger partial charge < -0.3 is 10.5 Å². The van der Waals surface area contributed by atoms with Crippen molar-refractivity contribution in [2.45, 2.75) is 24.0 Å². The van der Waals surface area contributed by atoms with Crippen LogP contribution in [0.1, 0.15) is 6.92 Å². The van der Waals surface area contributed by atoms with Crippen LogP contribution in [0.5, 0.6) is 0 Å². The maximum absolute atomic E-state index is 12.3. The number of hydrogen-bond donors (Lipinski definition) is 2. The van der Waals surface area contributed by atoms with Crippen molar-refractivity contribution in [1.29, 1.82) is 0 Å². The molecule has 17 heavy (non-hydrogen) atoms.